The molecule has 130 valence electrons. The Bertz CT molecular complexity index is 974. The highest BCUT2D eigenvalue weighted by Crippen LogP contribution is 2.32. The number of carbonyl (C=O) groups is 1. The number of para-hydroxylation sites is 1. The van der Waals surface area contributed by atoms with Gasteiger partial charge >= 0.3 is 0 Å². The SMILES string of the molecule is O=C(NC1CCc2ccccc21)c1nn(-c2ccccc2)c2c1CCC2. The first-order valence-corrected chi connectivity index (χ1v) is 9.36. The molecule has 1 aromatic heterocycles. The highest BCUT2D eigenvalue weighted by atomic mass is 16.2. The minimum atomic E-state index is -0.0421. The Morgan fingerprint density at radius 3 is 2.69 bits per heavy atom. The van der Waals surface area contributed by atoms with Gasteiger partial charge in [-0.15, -0.1) is 0 Å². The second kappa shape index (κ2) is 6.13. The van der Waals surface area contributed by atoms with Crippen LogP contribution in [-0.2, 0) is 19.3 Å². The van der Waals surface area contributed by atoms with Gasteiger partial charge in [-0.3, -0.25) is 4.79 Å². The van der Waals surface area contributed by atoms with Crippen LogP contribution in [0.25, 0.3) is 5.69 Å². The first-order chi connectivity index (χ1) is 12.8. The molecule has 2 aromatic carbocycles. The van der Waals surface area contributed by atoms with Crippen LogP contribution in [0.4, 0.5) is 0 Å². The molecule has 2 aliphatic carbocycles. The summed E-state index contributed by atoms with van der Waals surface area (Å²) in [6.45, 7) is 0. The normalized spacial score (nSPS) is 17.8. The number of rotatable bonds is 3. The summed E-state index contributed by atoms with van der Waals surface area (Å²) in [5.74, 6) is -0.0421. The largest absolute Gasteiger partial charge is 0.344 e. The van der Waals surface area contributed by atoms with E-state index in [1.54, 1.807) is 0 Å². The number of benzene rings is 2. The molecule has 0 radical (unpaired) electrons. The van der Waals surface area contributed by atoms with E-state index < -0.39 is 0 Å². The average Bonchev–Trinajstić information content (AvgIpc) is 3.38. The van der Waals surface area contributed by atoms with Crippen molar-refractivity contribution >= 4 is 5.91 Å². The Morgan fingerprint density at radius 2 is 1.81 bits per heavy atom. The highest BCUT2D eigenvalue weighted by molar-refractivity contribution is 5.94. The zero-order chi connectivity index (χ0) is 17.5. The van der Waals surface area contributed by atoms with Gasteiger partial charge in [0.1, 0.15) is 0 Å². The van der Waals surface area contributed by atoms with Crippen molar-refractivity contribution < 1.29 is 4.79 Å². The second-order valence-electron chi connectivity index (χ2n) is 7.14. The van der Waals surface area contributed by atoms with Crippen molar-refractivity contribution in [3.05, 3.63) is 82.7 Å². The van der Waals surface area contributed by atoms with Crippen LogP contribution < -0.4 is 5.32 Å². The third-order valence-electron chi connectivity index (χ3n) is 5.58. The van der Waals surface area contributed by atoms with Gasteiger partial charge in [0.2, 0.25) is 0 Å². The maximum Gasteiger partial charge on any atom is 0.272 e. The van der Waals surface area contributed by atoms with Gasteiger partial charge in [0.15, 0.2) is 5.69 Å². The molecule has 26 heavy (non-hydrogen) atoms. The van der Waals surface area contributed by atoms with Crippen molar-refractivity contribution in [2.75, 3.05) is 0 Å². The molecular weight excluding hydrogens is 322 g/mol. The molecule has 4 heteroatoms. The number of hydrogen-bond donors (Lipinski definition) is 1. The van der Waals surface area contributed by atoms with E-state index >= 15 is 0 Å². The van der Waals surface area contributed by atoms with Crippen LogP contribution in [0, 0.1) is 0 Å². The molecule has 1 heterocycles. The number of fused-ring (bicyclic) bond motifs is 2. The first-order valence-electron chi connectivity index (χ1n) is 9.36. The summed E-state index contributed by atoms with van der Waals surface area (Å²) in [4.78, 5) is 13.0. The lowest BCUT2D eigenvalue weighted by atomic mass is 10.1. The number of aromatic nitrogens is 2. The molecular formula is C22H21N3O. The minimum absolute atomic E-state index is 0.0421. The molecule has 1 atom stereocenters. The molecule has 1 N–H and O–H groups in total. The van der Waals surface area contributed by atoms with Crippen LogP contribution in [0.2, 0.25) is 0 Å². The number of carbonyl (C=O) groups excluding carboxylic acids is 1. The van der Waals surface area contributed by atoms with Crippen LogP contribution in [0.5, 0.6) is 0 Å². The molecule has 4 nitrogen and oxygen atoms in total. The van der Waals surface area contributed by atoms with E-state index in [0.29, 0.717) is 5.69 Å². The maximum absolute atomic E-state index is 13.0. The quantitative estimate of drug-likeness (QED) is 0.787. The summed E-state index contributed by atoms with van der Waals surface area (Å²) in [5.41, 5.74) is 6.53. The van der Waals surface area contributed by atoms with Gasteiger partial charge in [0.05, 0.1) is 11.7 Å². The summed E-state index contributed by atoms with van der Waals surface area (Å²) in [7, 11) is 0. The van der Waals surface area contributed by atoms with Crippen LogP contribution >= 0.6 is 0 Å². The Hall–Kier alpha value is -2.88. The fraction of sp³-hybridized carbons (Fsp3) is 0.273. The predicted molar refractivity (Wildman–Crippen MR) is 101 cm³/mol. The van der Waals surface area contributed by atoms with Gasteiger partial charge < -0.3 is 5.32 Å². The first kappa shape index (κ1) is 15.4. The van der Waals surface area contributed by atoms with Gasteiger partial charge in [0.25, 0.3) is 5.91 Å². The van der Waals surface area contributed by atoms with E-state index in [1.807, 2.05) is 41.1 Å². The smallest absolute Gasteiger partial charge is 0.272 e. The van der Waals surface area contributed by atoms with Crippen molar-refractivity contribution in [3.63, 3.8) is 0 Å². The van der Waals surface area contributed by atoms with E-state index in [4.69, 9.17) is 5.10 Å². The molecule has 2 aliphatic rings. The van der Waals surface area contributed by atoms with Crippen molar-refractivity contribution in [3.8, 4) is 5.69 Å². The van der Waals surface area contributed by atoms with Crippen LogP contribution in [0.1, 0.15) is 51.8 Å². The Labute approximate surface area is 152 Å². The molecule has 5 rings (SSSR count). The van der Waals surface area contributed by atoms with E-state index in [9.17, 15) is 4.79 Å². The van der Waals surface area contributed by atoms with Crippen LogP contribution in [0.3, 0.4) is 0 Å². The zero-order valence-corrected chi connectivity index (χ0v) is 14.6. The van der Waals surface area contributed by atoms with E-state index in [2.05, 4.69) is 23.5 Å². The van der Waals surface area contributed by atoms with Gasteiger partial charge in [-0.05, 0) is 55.4 Å². The number of amides is 1. The summed E-state index contributed by atoms with van der Waals surface area (Å²) >= 11 is 0. The van der Waals surface area contributed by atoms with Crippen LogP contribution in [0.15, 0.2) is 54.6 Å². The van der Waals surface area contributed by atoms with Crippen molar-refractivity contribution in [1.29, 1.82) is 0 Å². The monoisotopic (exact) mass is 343 g/mol. The van der Waals surface area contributed by atoms with Gasteiger partial charge in [-0.25, -0.2) is 4.68 Å². The molecule has 1 unspecified atom stereocenters. The molecule has 0 aliphatic heterocycles. The molecule has 0 fully saturated rings. The average molecular weight is 343 g/mol. The van der Waals surface area contributed by atoms with Crippen LogP contribution in [-0.4, -0.2) is 15.7 Å². The number of hydrogen-bond acceptors (Lipinski definition) is 2. The van der Waals surface area contributed by atoms with Gasteiger partial charge in [-0.1, -0.05) is 42.5 Å². The second-order valence-corrected chi connectivity index (χ2v) is 7.14. The highest BCUT2D eigenvalue weighted by Gasteiger charge is 2.30. The van der Waals surface area contributed by atoms with E-state index in [0.717, 1.165) is 43.4 Å². The molecule has 0 saturated heterocycles. The summed E-state index contributed by atoms with van der Waals surface area (Å²) in [6, 6.07) is 18.6. The fourth-order valence-electron chi connectivity index (χ4n) is 4.34. The summed E-state index contributed by atoms with van der Waals surface area (Å²) < 4.78 is 1.96. The molecule has 0 saturated carbocycles. The summed E-state index contributed by atoms with van der Waals surface area (Å²) in [6.07, 6.45) is 5.00. The topological polar surface area (TPSA) is 46.9 Å². The zero-order valence-electron chi connectivity index (χ0n) is 14.6. The Balaban J connectivity index is 1.47. The third kappa shape index (κ3) is 2.45. The van der Waals surface area contributed by atoms with Gasteiger partial charge in [-0.2, -0.15) is 5.10 Å². The molecule has 0 bridgehead atoms. The standard InChI is InChI=1S/C22H21N3O/c26-22(23-19-14-13-15-7-4-5-10-17(15)19)21-18-11-6-12-20(18)25(24-21)16-8-2-1-3-9-16/h1-5,7-10,19H,6,11-14H2,(H,23,26). The maximum atomic E-state index is 13.0. The number of aryl methyl sites for hydroxylation is 1. The van der Waals surface area contributed by atoms with Crippen molar-refractivity contribution in [1.82, 2.24) is 15.1 Å². The Morgan fingerprint density at radius 1 is 1.00 bits per heavy atom. The lowest BCUT2D eigenvalue weighted by Gasteiger charge is -2.13. The predicted octanol–water partition coefficient (Wildman–Crippen LogP) is 3.78. The minimum Gasteiger partial charge on any atom is -0.344 e. The fourth-order valence-corrected chi connectivity index (χ4v) is 4.34. The van der Waals surface area contributed by atoms with Gasteiger partial charge in [0, 0.05) is 11.3 Å². The molecule has 3 aromatic rings. The molecule has 1 amide bonds. The summed E-state index contributed by atoms with van der Waals surface area (Å²) in [5, 5.41) is 7.94. The number of nitrogens with zero attached hydrogens (tertiary/aromatic N) is 2. The molecule has 0 spiro atoms. The lowest BCUT2D eigenvalue weighted by Crippen LogP contribution is -2.28. The van der Waals surface area contributed by atoms with E-state index in [1.165, 1.54) is 16.8 Å². The third-order valence-corrected chi connectivity index (χ3v) is 5.58. The van der Waals surface area contributed by atoms with Crippen molar-refractivity contribution in [2.24, 2.45) is 0 Å². The number of nitrogens with one attached hydrogen (secondary N) is 1. The van der Waals surface area contributed by atoms with Crippen molar-refractivity contribution in [2.45, 2.75) is 38.1 Å². The lowest BCUT2D eigenvalue weighted by molar-refractivity contribution is 0.0930. The Kier molecular flexibility index (Phi) is 3.63. The van der Waals surface area contributed by atoms with E-state index in [-0.39, 0.29) is 11.9 Å².